The van der Waals surface area contributed by atoms with Gasteiger partial charge in [-0.3, -0.25) is 5.10 Å². The lowest BCUT2D eigenvalue weighted by Crippen LogP contribution is -2.01. The molecule has 2 N–H and O–H groups in total. The Balaban J connectivity index is 1.49. The summed E-state index contributed by atoms with van der Waals surface area (Å²) in [5, 5.41) is 19.7. The van der Waals surface area contributed by atoms with Crippen LogP contribution in [0.5, 0.6) is 0 Å². The number of anilines is 1. The minimum atomic E-state index is -0.300. The van der Waals surface area contributed by atoms with Gasteiger partial charge < -0.3 is 5.32 Å². The van der Waals surface area contributed by atoms with E-state index in [2.05, 4.69) is 42.5 Å². The van der Waals surface area contributed by atoms with Gasteiger partial charge >= 0.3 is 0 Å². The van der Waals surface area contributed by atoms with E-state index in [1.807, 2.05) is 43.3 Å². The van der Waals surface area contributed by atoms with Crippen LogP contribution in [0.2, 0.25) is 0 Å². The number of aromatic amines is 1. The number of aryl methyl sites for hydroxylation is 1. The summed E-state index contributed by atoms with van der Waals surface area (Å²) in [5.74, 6) is 0.432. The van der Waals surface area contributed by atoms with Gasteiger partial charge in [0.25, 0.3) is 0 Å². The Hall–Kier alpha value is -3.50. The van der Waals surface area contributed by atoms with E-state index in [0.717, 1.165) is 39.5 Å². The molecule has 4 aromatic rings. The van der Waals surface area contributed by atoms with Gasteiger partial charge in [-0.1, -0.05) is 6.07 Å². The maximum atomic E-state index is 13.3. The van der Waals surface area contributed by atoms with Gasteiger partial charge in [-0.2, -0.15) is 10.4 Å². The van der Waals surface area contributed by atoms with Crippen molar-refractivity contribution >= 4 is 21.7 Å². The smallest absolute Gasteiger partial charge is 0.126 e. The Bertz CT molecular complexity index is 1260. The van der Waals surface area contributed by atoms with Gasteiger partial charge in [-0.05, 0) is 88.1 Å². The molecule has 0 radical (unpaired) electrons. The Kier molecular flexibility index (Phi) is 5.59. The predicted octanol–water partition coefficient (Wildman–Crippen LogP) is 5.83. The lowest BCUT2D eigenvalue weighted by Gasteiger charge is -2.09. The fraction of sp³-hybridized carbons (Fsp3) is 0.0870. The summed E-state index contributed by atoms with van der Waals surface area (Å²) in [6.45, 7) is 2.50. The molecular formula is C23H17BrFN5. The maximum Gasteiger partial charge on any atom is 0.126 e. The zero-order valence-corrected chi connectivity index (χ0v) is 17.7. The fourth-order valence-electron chi connectivity index (χ4n) is 3.23. The summed E-state index contributed by atoms with van der Waals surface area (Å²) in [7, 11) is 0. The van der Waals surface area contributed by atoms with Crippen LogP contribution in [-0.2, 0) is 6.54 Å². The van der Waals surface area contributed by atoms with Crippen molar-refractivity contribution < 1.29 is 4.39 Å². The van der Waals surface area contributed by atoms with Gasteiger partial charge in [0.15, 0.2) is 0 Å². The number of hydrogen-bond donors (Lipinski definition) is 2. The van der Waals surface area contributed by atoms with Gasteiger partial charge in [-0.25, -0.2) is 9.37 Å². The van der Waals surface area contributed by atoms with Crippen LogP contribution >= 0.6 is 15.9 Å². The molecule has 0 aliphatic rings. The SMILES string of the molecule is Cc1cc(C#N)ccc1-c1ccnc(NCc2cc(-c3ccc(F)cc3Br)n[nH]2)c1. The number of H-pyrrole nitrogens is 1. The van der Waals surface area contributed by atoms with Crippen molar-refractivity contribution in [2.24, 2.45) is 0 Å². The number of benzene rings is 2. The Labute approximate surface area is 181 Å². The summed E-state index contributed by atoms with van der Waals surface area (Å²) >= 11 is 3.38. The summed E-state index contributed by atoms with van der Waals surface area (Å²) in [6.07, 6.45) is 1.75. The molecule has 0 saturated heterocycles. The van der Waals surface area contributed by atoms with E-state index in [-0.39, 0.29) is 5.82 Å². The fourth-order valence-corrected chi connectivity index (χ4v) is 3.78. The lowest BCUT2D eigenvalue weighted by atomic mass is 9.99. The first-order chi connectivity index (χ1) is 14.5. The molecule has 2 aromatic heterocycles. The second-order valence-electron chi connectivity index (χ2n) is 6.83. The van der Waals surface area contributed by atoms with Crippen molar-refractivity contribution in [1.82, 2.24) is 15.2 Å². The van der Waals surface area contributed by atoms with Crippen molar-refractivity contribution in [3.63, 3.8) is 0 Å². The summed E-state index contributed by atoms with van der Waals surface area (Å²) < 4.78 is 14.0. The molecule has 4 rings (SSSR count). The second-order valence-corrected chi connectivity index (χ2v) is 7.68. The van der Waals surface area contributed by atoms with E-state index < -0.39 is 0 Å². The lowest BCUT2D eigenvalue weighted by molar-refractivity contribution is 0.627. The molecule has 148 valence electrons. The molecule has 0 aliphatic carbocycles. The quantitative estimate of drug-likeness (QED) is 0.391. The van der Waals surface area contributed by atoms with Crippen molar-refractivity contribution in [1.29, 1.82) is 5.26 Å². The van der Waals surface area contributed by atoms with Crippen molar-refractivity contribution in [2.45, 2.75) is 13.5 Å². The number of rotatable bonds is 5. The number of halogens is 2. The Morgan fingerprint density at radius 2 is 1.93 bits per heavy atom. The van der Waals surface area contributed by atoms with Crippen LogP contribution in [-0.4, -0.2) is 15.2 Å². The second kappa shape index (κ2) is 8.47. The van der Waals surface area contributed by atoms with Crippen LogP contribution in [0, 0.1) is 24.1 Å². The Morgan fingerprint density at radius 1 is 1.10 bits per heavy atom. The first kappa shape index (κ1) is 19.8. The number of nitriles is 1. The van der Waals surface area contributed by atoms with Crippen molar-refractivity contribution in [3.05, 3.63) is 87.9 Å². The van der Waals surface area contributed by atoms with E-state index in [1.165, 1.54) is 12.1 Å². The topological polar surface area (TPSA) is 77.4 Å². The summed E-state index contributed by atoms with van der Waals surface area (Å²) in [6, 6.07) is 18.2. The number of pyridine rings is 1. The molecule has 0 atom stereocenters. The van der Waals surface area contributed by atoms with Crippen LogP contribution < -0.4 is 5.32 Å². The van der Waals surface area contributed by atoms with E-state index in [0.29, 0.717) is 16.6 Å². The van der Waals surface area contributed by atoms with Crippen molar-refractivity contribution in [3.8, 4) is 28.5 Å². The largest absolute Gasteiger partial charge is 0.364 e. The number of hydrogen-bond acceptors (Lipinski definition) is 4. The third kappa shape index (κ3) is 4.24. The van der Waals surface area contributed by atoms with Gasteiger partial charge in [0, 0.05) is 16.2 Å². The third-order valence-electron chi connectivity index (χ3n) is 4.72. The Morgan fingerprint density at radius 3 is 2.70 bits per heavy atom. The monoisotopic (exact) mass is 461 g/mol. The average molecular weight is 462 g/mol. The third-order valence-corrected chi connectivity index (χ3v) is 5.38. The molecule has 0 unspecified atom stereocenters. The minimum Gasteiger partial charge on any atom is -0.364 e. The molecule has 0 saturated carbocycles. The number of aromatic nitrogens is 3. The van der Waals surface area contributed by atoms with Crippen LogP contribution in [0.15, 0.2) is 65.3 Å². The normalized spacial score (nSPS) is 10.6. The summed E-state index contributed by atoms with van der Waals surface area (Å²) in [5.41, 5.74) is 6.19. The predicted molar refractivity (Wildman–Crippen MR) is 118 cm³/mol. The highest BCUT2D eigenvalue weighted by Crippen LogP contribution is 2.28. The van der Waals surface area contributed by atoms with E-state index in [4.69, 9.17) is 5.26 Å². The highest BCUT2D eigenvalue weighted by atomic mass is 79.9. The van der Waals surface area contributed by atoms with E-state index >= 15 is 0 Å². The van der Waals surface area contributed by atoms with Crippen LogP contribution in [0.3, 0.4) is 0 Å². The highest BCUT2D eigenvalue weighted by Gasteiger charge is 2.09. The molecule has 0 amide bonds. The van der Waals surface area contributed by atoms with Gasteiger partial charge in [-0.15, -0.1) is 0 Å². The molecule has 0 bridgehead atoms. The van der Waals surface area contributed by atoms with E-state index in [9.17, 15) is 4.39 Å². The van der Waals surface area contributed by atoms with Crippen LogP contribution in [0.1, 0.15) is 16.8 Å². The highest BCUT2D eigenvalue weighted by molar-refractivity contribution is 9.10. The molecule has 2 heterocycles. The molecule has 0 spiro atoms. The number of nitrogens with one attached hydrogen (secondary N) is 2. The zero-order chi connectivity index (χ0) is 21.1. The summed E-state index contributed by atoms with van der Waals surface area (Å²) in [4.78, 5) is 4.39. The molecule has 2 aromatic carbocycles. The van der Waals surface area contributed by atoms with Crippen LogP contribution in [0.4, 0.5) is 10.2 Å². The van der Waals surface area contributed by atoms with Gasteiger partial charge in [0.2, 0.25) is 0 Å². The first-order valence-corrected chi connectivity index (χ1v) is 10.0. The molecule has 7 heteroatoms. The molecule has 0 fully saturated rings. The number of nitrogens with zero attached hydrogens (tertiary/aromatic N) is 3. The molecule has 5 nitrogen and oxygen atoms in total. The van der Waals surface area contributed by atoms with E-state index in [1.54, 1.807) is 12.3 Å². The molecule has 30 heavy (non-hydrogen) atoms. The van der Waals surface area contributed by atoms with Gasteiger partial charge in [0.05, 0.1) is 29.6 Å². The van der Waals surface area contributed by atoms with Crippen molar-refractivity contribution in [2.75, 3.05) is 5.32 Å². The average Bonchev–Trinajstić information content (AvgIpc) is 3.21. The zero-order valence-electron chi connectivity index (χ0n) is 16.1. The standard InChI is InChI=1S/C23H17BrFN5/c1-14-8-15(12-26)2-4-19(14)16-6-7-27-23(9-16)28-13-18-11-22(30-29-18)20-5-3-17(25)10-21(20)24/h2-11H,13H2,1H3,(H,27,28)(H,29,30). The minimum absolute atomic E-state index is 0.300. The molecular weight excluding hydrogens is 445 g/mol. The van der Waals surface area contributed by atoms with Gasteiger partial charge in [0.1, 0.15) is 11.6 Å². The maximum absolute atomic E-state index is 13.3. The first-order valence-electron chi connectivity index (χ1n) is 9.24. The van der Waals surface area contributed by atoms with Crippen LogP contribution in [0.25, 0.3) is 22.4 Å². The molecule has 0 aliphatic heterocycles.